The SMILES string of the molecule is CCc1cccc(CNC[C@H](O)[C@H](Cc2cc(F)cc(F)c2)NC(=O)CS(=O)(=O)c2ccc(C)cc2)c1. The number of carbonyl (C=O) groups excluding carboxylic acids is 1. The van der Waals surface area contributed by atoms with Crippen molar-refractivity contribution in [2.24, 2.45) is 0 Å². The Kier molecular flexibility index (Phi) is 9.91. The molecule has 0 fully saturated rings. The van der Waals surface area contributed by atoms with Crippen LogP contribution in [0.1, 0.15) is 29.2 Å². The van der Waals surface area contributed by atoms with Gasteiger partial charge in [0.05, 0.1) is 17.0 Å². The zero-order valence-electron chi connectivity index (χ0n) is 20.9. The number of halogens is 2. The molecule has 0 spiro atoms. The number of benzene rings is 3. The zero-order chi connectivity index (χ0) is 27.0. The first-order chi connectivity index (χ1) is 17.6. The number of sulfone groups is 1. The average Bonchev–Trinajstić information content (AvgIpc) is 2.83. The van der Waals surface area contributed by atoms with Crippen LogP contribution >= 0.6 is 0 Å². The second-order valence-electron chi connectivity index (χ2n) is 9.10. The van der Waals surface area contributed by atoms with Gasteiger partial charge < -0.3 is 15.7 Å². The molecule has 3 aromatic carbocycles. The molecule has 6 nitrogen and oxygen atoms in total. The molecule has 0 saturated carbocycles. The van der Waals surface area contributed by atoms with Gasteiger partial charge in [0.2, 0.25) is 5.91 Å². The number of aliphatic hydroxyl groups is 1. The number of hydrogen-bond donors (Lipinski definition) is 3. The van der Waals surface area contributed by atoms with E-state index in [9.17, 15) is 27.1 Å². The number of rotatable bonds is 12. The van der Waals surface area contributed by atoms with E-state index in [0.717, 1.165) is 35.7 Å². The number of aliphatic hydroxyl groups excluding tert-OH is 1. The minimum atomic E-state index is -3.92. The molecule has 0 saturated heterocycles. The summed E-state index contributed by atoms with van der Waals surface area (Å²) in [5.41, 5.74) is 3.29. The summed E-state index contributed by atoms with van der Waals surface area (Å²) < 4.78 is 52.9. The van der Waals surface area contributed by atoms with E-state index in [1.165, 1.54) is 17.7 Å². The Morgan fingerprint density at radius 1 is 0.946 bits per heavy atom. The first-order valence-corrected chi connectivity index (χ1v) is 13.7. The van der Waals surface area contributed by atoms with E-state index < -0.39 is 45.3 Å². The molecule has 9 heteroatoms. The van der Waals surface area contributed by atoms with Crippen molar-refractivity contribution >= 4 is 15.7 Å². The largest absolute Gasteiger partial charge is 0.390 e. The molecule has 0 aliphatic heterocycles. The van der Waals surface area contributed by atoms with Crippen LogP contribution in [0.2, 0.25) is 0 Å². The van der Waals surface area contributed by atoms with Crippen molar-refractivity contribution in [2.75, 3.05) is 12.3 Å². The fourth-order valence-corrected chi connectivity index (χ4v) is 5.13. The Hall–Kier alpha value is -3.14. The highest BCUT2D eigenvalue weighted by molar-refractivity contribution is 7.92. The van der Waals surface area contributed by atoms with Crippen molar-refractivity contribution < 1.29 is 27.1 Å². The average molecular weight is 531 g/mol. The van der Waals surface area contributed by atoms with E-state index in [-0.39, 0.29) is 23.4 Å². The summed E-state index contributed by atoms with van der Waals surface area (Å²) >= 11 is 0. The molecule has 0 radical (unpaired) electrons. The Labute approximate surface area is 216 Å². The molecule has 0 bridgehead atoms. The highest BCUT2D eigenvalue weighted by atomic mass is 32.2. The summed E-state index contributed by atoms with van der Waals surface area (Å²) in [5.74, 6) is -3.22. The van der Waals surface area contributed by atoms with Crippen LogP contribution in [0, 0.1) is 18.6 Å². The second-order valence-corrected chi connectivity index (χ2v) is 11.1. The summed E-state index contributed by atoms with van der Waals surface area (Å²) in [6.45, 7) is 4.39. The highest BCUT2D eigenvalue weighted by Crippen LogP contribution is 2.14. The fourth-order valence-electron chi connectivity index (χ4n) is 3.98. The van der Waals surface area contributed by atoms with Crippen molar-refractivity contribution in [2.45, 2.75) is 50.3 Å². The number of nitrogens with one attached hydrogen (secondary N) is 2. The van der Waals surface area contributed by atoms with Gasteiger partial charge in [0, 0.05) is 19.2 Å². The molecule has 2 atom stereocenters. The van der Waals surface area contributed by atoms with Crippen molar-refractivity contribution in [1.29, 1.82) is 0 Å². The normalized spacial score (nSPS) is 13.2. The third-order valence-corrected chi connectivity index (χ3v) is 7.60. The topological polar surface area (TPSA) is 95.5 Å². The molecule has 3 rings (SSSR count). The van der Waals surface area contributed by atoms with Crippen LogP contribution in [0.3, 0.4) is 0 Å². The number of hydrogen-bond acceptors (Lipinski definition) is 5. The molecule has 3 N–H and O–H groups in total. The van der Waals surface area contributed by atoms with Crippen LogP contribution in [0.25, 0.3) is 0 Å². The minimum Gasteiger partial charge on any atom is -0.390 e. The van der Waals surface area contributed by atoms with Crippen molar-refractivity contribution in [3.8, 4) is 0 Å². The van der Waals surface area contributed by atoms with E-state index in [1.54, 1.807) is 12.1 Å². The standard InChI is InChI=1S/C28H32F2N2O4S/c1-3-20-5-4-6-21(11-20)16-31-17-27(33)26(14-22-12-23(29)15-24(30)13-22)32-28(34)18-37(35,36)25-9-7-19(2)8-10-25/h4-13,15,26-27,31,33H,3,14,16-18H2,1-2H3,(H,32,34)/t26-,27-/m0/s1. The summed E-state index contributed by atoms with van der Waals surface area (Å²) in [5, 5.41) is 16.6. The molecular weight excluding hydrogens is 498 g/mol. The Bertz CT molecular complexity index is 1290. The zero-order valence-corrected chi connectivity index (χ0v) is 21.7. The lowest BCUT2D eigenvalue weighted by Gasteiger charge is -2.25. The van der Waals surface area contributed by atoms with E-state index in [0.29, 0.717) is 6.54 Å². The third kappa shape index (κ3) is 8.73. The van der Waals surface area contributed by atoms with Gasteiger partial charge in [0.15, 0.2) is 9.84 Å². The smallest absolute Gasteiger partial charge is 0.235 e. The number of amides is 1. The molecule has 0 unspecified atom stereocenters. The lowest BCUT2D eigenvalue weighted by atomic mass is 10.0. The van der Waals surface area contributed by atoms with Gasteiger partial charge >= 0.3 is 0 Å². The van der Waals surface area contributed by atoms with Crippen LogP contribution in [-0.4, -0.2) is 43.9 Å². The molecular formula is C28H32F2N2O4S. The maximum atomic E-state index is 13.8. The van der Waals surface area contributed by atoms with Gasteiger partial charge in [0.25, 0.3) is 0 Å². The lowest BCUT2D eigenvalue weighted by molar-refractivity contribution is -0.120. The van der Waals surface area contributed by atoms with Crippen LogP contribution in [-0.2, 0) is 34.0 Å². The molecule has 37 heavy (non-hydrogen) atoms. The lowest BCUT2D eigenvalue weighted by Crippen LogP contribution is -2.50. The summed E-state index contributed by atoms with van der Waals surface area (Å²) in [6.07, 6.45) is -0.369. The predicted molar refractivity (Wildman–Crippen MR) is 139 cm³/mol. The maximum absolute atomic E-state index is 13.8. The maximum Gasteiger partial charge on any atom is 0.235 e. The highest BCUT2D eigenvalue weighted by Gasteiger charge is 2.26. The Morgan fingerprint density at radius 3 is 2.24 bits per heavy atom. The van der Waals surface area contributed by atoms with Crippen molar-refractivity contribution in [3.63, 3.8) is 0 Å². The molecule has 3 aromatic rings. The van der Waals surface area contributed by atoms with Crippen molar-refractivity contribution in [1.82, 2.24) is 10.6 Å². The molecule has 0 aromatic heterocycles. The summed E-state index contributed by atoms with van der Waals surface area (Å²) in [6, 6.07) is 16.1. The van der Waals surface area contributed by atoms with E-state index >= 15 is 0 Å². The van der Waals surface area contributed by atoms with Crippen LogP contribution < -0.4 is 10.6 Å². The molecule has 198 valence electrons. The summed E-state index contributed by atoms with van der Waals surface area (Å²) in [7, 11) is -3.92. The van der Waals surface area contributed by atoms with E-state index in [4.69, 9.17) is 0 Å². The van der Waals surface area contributed by atoms with Crippen molar-refractivity contribution in [3.05, 3.63) is 101 Å². The molecule has 1 amide bonds. The predicted octanol–water partition coefficient (Wildman–Crippen LogP) is 3.49. The van der Waals surface area contributed by atoms with Gasteiger partial charge in [-0.2, -0.15) is 0 Å². The van der Waals surface area contributed by atoms with Gasteiger partial charge in [-0.25, -0.2) is 17.2 Å². The molecule has 0 aliphatic rings. The fraction of sp³-hybridized carbons (Fsp3) is 0.321. The first kappa shape index (κ1) is 28.4. The number of aryl methyl sites for hydroxylation is 2. The Morgan fingerprint density at radius 2 is 1.59 bits per heavy atom. The Balaban J connectivity index is 1.70. The van der Waals surface area contributed by atoms with Crippen LogP contribution in [0.4, 0.5) is 8.78 Å². The van der Waals surface area contributed by atoms with E-state index in [1.807, 2.05) is 31.2 Å². The first-order valence-electron chi connectivity index (χ1n) is 12.1. The van der Waals surface area contributed by atoms with Crippen LogP contribution in [0.15, 0.2) is 71.6 Å². The second kappa shape index (κ2) is 12.9. The minimum absolute atomic E-state index is 0.00789. The van der Waals surface area contributed by atoms with Gasteiger partial charge in [-0.05, 0) is 60.7 Å². The third-order valence-electron chi connectivity index (χ3n) is 5.97. The molecule has 0 heterocycles. The van der Waals surface area contributed by atoms with E-state index in [2.05, 4.69) is 17.6 Å². The van der Waals surface area contributed by atoms with Crippen LogP contribution in [0.5, 0.6) is 0 Å². The molecule has 0 aliphatic carbocycles. The number of carbonyl (C=O) groups is 1. The monoisotopic (exact) mass is 530 g/mol. The van der Waals surface area contributed by atoms with Gasteiger partial charge in [-0.1, -0.05) is 48.9 Å². The van der Waals surface area contributed by atoms with Gasteiger partial charge in [-0.15, -0.1) is 0 Å². The van der Waals surface area contributed by atoms with Gasteiger partial charge in [-0.3, -0.25) is 4.79 Å². The summed E-state index contributed by atoms with van der Waals surface area (Å²) in [4.78, 5) is 12.7. The quantitative estimate of drug-likeness (QED) is 0.333. The van der Waals surface area contributed by atoms with Gasteiger partial charge in [0.1, 0.15) is 17.4 Å².